The first-order valence-electron chi connectivity index (χ1n) is 10.1. The van der Waals surface area contributed by atoms with Crippen molar-refractivity contribution in [2.45, 2.75) is 123 Å². The van der Waals surface area contributed by atoms with Gasteiger partial charge < -0.3 is 0 Å². The maximum Gasteiger partial charge on any atom is -0.0351 e. The van der Waals surface area contributed by atoms with Crippen LogP contribution in [0.3, 0.4) is 0 Å². The molecule has 0 N–H and O–H groups in total. The van der Waals surface area contributed by atoms with Crippen LogP contribution in [-0.4, -0.2) is 0 Å². The highest BCUT2D eigenvalue weighted by Gasteiger charge is 1.92. The van der Waals surface area contributed by atoms with E-state index >= 15 is 0 Å². The van der Waals surface area contributed by atoms with E-state index in [0.29, 0.717) is 0 Å². The van der Waals surface area contributed by atoms with Crippen LogP contribution in [-0.2, 0) is 0 Å². The Bertz CT molecular complexity index is 192. The molecule has 0 nitrogen and oxygen atoms in total. The first-order chi connectivity index (χ1) is 10.4. The molecule has 0 aromatic rings. The summed E-state index contributed by atoms with van der Waals surface area (Å²) < 4.78 is 0. The molecule has 0 amide bonds. The minimum absolute atomic E-state index is 1.31. The van der Waals surface area contributed by atoms with Crippen molar-refractivity contribution in [3.8, 4) is 0 Å². The van der Waals surface area contributed by atoms with E-state index in [1.807, 2.05) is 0 Å². The van der Waals surface area contributed by atoms with Gasteiger partial charge in [0.25, 0.3) is 0 Å². The van der Waals surface area contributed by atoms with Crippen LogP contribution in [0.1, 0.15) is 123 Å². The maximum absolute atomic E-state index is 2.42. The standard InChI is InChI=1S/C21H42/c1-3-5-7-9-11-13-15-17-19-21-20-18-16-14-12-10-8-6-4-2/h15,17H,3-14,16,18-21H2,1-2H3/b17-15-. The fraction of sp³-hybridized carbons (Fsp3) is 0.905. The van der Waals surface area contributed by atoms with Crippen molar-refractivity contribution in [1.82, 2.24) is 0 Å². The van der Waals surface area contributed by atoms with Crippen molar-refractivity contribution in [3.05, 3.63) is 12.2 Å². The van der Waals surface area contributed by atoms with E-state index in [4.69, 9.17) is 0 Å². The molecule has 0 aliphatic rings. The molecule has 0 aromatic carbocycles. The second-order valence-electron chi connectivity index (χ2n) is 6.64. The van der Waals surface area contributed by atoms with E-state index < -0.39 is 0 Å². The van der Waals surface area contributed by atoms with Crippen LogP contribution in [0.15, 0.2) is 12.2 Å². The predicted octanol–water partition coefficient (Wildman–Crippen LogP) is 8.21. The third-order valence-corrected chi connectivity index (χ3v) is 4.37. The van der Waals surface area contributed by atoms with Gasteiger partial charge in [-0.1, -0.05) is 109 Å². The molecule has 0 heterocycles. The summed E-state index contributed by atoms with van der Waals surface area (Å²) in [4.78, 5) is 0. The van der Waals surface area contributed by atoms with Gasteiger partial charge in [0.2, 0.25) is 0 Å². The lowest BCUT2D eigenvalue weighted by Crippen LogP contribution is -1.81. The normalized spacial score (nSPS) is 11.5. The quantitative estimate of drug-likeness (QED) is 0.187. The Labute approximate surface area is 135 Å². The van der Waals surface area contributed by atoms with Gasteiger partial charge in [-0.3, -0.25) is 0 Å². The number of unbranched alkanes of at least 4 members (excludes halogenated alkanes) is 15. The number of allylic oxidation sites excluding steroid dienone is 2. The molecule has 0 bridgehead atoms. The Hall–Kier alpha value is -0.260. The van der Waals surface area contributed by atoms with Gasteiger partial charge in [-0.25, -0.2) is 0 Å². The van der Waals surface area contributed by atoms with E-state index in [0.717, 1.165) is 0 Å². The maximum atomic E-state index is 2.42. The molecule has 126 valence electrons. The molecule has 0 saturated carbocycles. The molecule has 0 aliphatic carbocycles. The zero-order valence-electron chi connectivity index (χ0n) is 15.2. The minimum Gasteiger partial charge on any atom is -0.0885 e. The molecule has 21 heavy (non-hydrogen) atoms. The third-order valence-electron chi connectivity index (χ3n) is 4.37. The van der Waals surface area contributed by atoms with E-state index in [1.165, 1.54) is 109 Å². The Morgan fingerprint density at radius 2 is 0.667 bits per heavy atom. The summed E-state index contributed by atoms with van der Waals surface area (Å²) in [7, 11) is 0. The second kappa shape index (κ2) is 19.7. The van der Waals surface area contributed by atoms with Crippen LogP contribution in [0, 0.1) is 0 Å². The Morgan fingerprint density at radius 3 is 1.00 bits per heavy atom. The van der Waals surface area contributed by atoms with Gasteiger partial charge in [0.1, 0.15) is 0 Å². The average molecular weight is 295 g/mol. The van der Waals surface area contributed by atoms with Crippen LogP contribution in [0.5, 0.6) is 0 Å². The molecule has 0 radical (unpaired) electrons. The lowest BCUT2D eigenvalue weighted by atomic mass is 10.1. The Morgan fingerprint density at radius 1 is 0.381 bits per heavy atom. The van der Waals surface area contributed by atoms with Crippen LogP contribution < -0.4 is 0 Å². The molecule has 0 unspecified atom stereocenters. The Kier molecular flexibility index (Phi) is 19.5. The molecular formula is C21H42. The van der Waals surface area contributed by atoms with Crippen LogP contribution in [0.4, 0.5) is 0 Å². The van der Waals surface area contributed by atoms with E-state index in [-0.39, 0.29) is 0 Å². The largest absolute Gasteiger partial charge is 0.0885 e. The van der Waals surface area contributed by atoms with Crippen molar-refractivity contribution < 1.29 is 0 Å². The van der Waals surface area contributed by atoms with Crippen LogP contribution >= 0.6 is 0 Å². The Balaban J connectivity index is 3.01. The van der Waals surface area contributed by atoms with Gasteiger partial charge in [0, 0.05) is 0 Å². The van der Waals surface area contributed by atoms with E-state index in [9.17, 15) is 0 Å². The van der Waals surface area contributed by atoms with Crippen molar-refractivity contribution in [2.24, 2.45) is 0 Å². The molecule has 0 heteroatoms. The zero-order valence-corrected chi connectivity index (χ0v) is 15.2. The van der Waals surface area contributed by atoms with E-state index in [2.05, 4.69) is 26.0 Å². The van der Waals surface area contributed by atoms with Crippen LogP contribution in [0.25, 0.3) is 0 Å². The molecule has 0 saturated heterocycles. The molecule has 0 fully saturated rings. The highest BCUT2D eigenvalue weighted by Crippen LogP contribution is 2.11. The van der Waals surface area contributed by atoms with Crippen molar-refractivity contribution in [1.29, 1.82) is 0 Å². The van der Waals surface area contributed by atoms with Crippen molar-refractivity contribution in [2.75, 3.05) is 0 Å². The summed E-state index contributed by atoms with van der Waals surface area (Å²) in [6.45, 7) is 4.58. The van der Waals surface area contributed by atoms with Crippen LogP contribution in [0.2, 0.25) is 0 Å². The SMILES string of the molecule is CCCCCCC/C=C\CCCCCCCCCCCC. The van der Waals surface area contributed by atoms with Gasteiger partial charge in [-0.15, -0.1) is 0 Å². The second-order valence-corrected chi connectivity index (χ2v) is 6.64. The number of rotatable bonds is 17. The highest BCUT2D eigenvalue weighted by atomic mass is 14.0. The number of hydrogen-bond acceptors (Lipinski definition) is 0. The summed E-state index contributed by atoms with van der Waals surface area (Å²) in [5, 5.41) is 0. The highest BCUT2D eigenvalue weighted by molar-refractivity contribution is 4.81. The monoisotopic (exact) mass is 294 g/mol. The summed E-state index contributed by atoms with van der Waals surface area (Å²) in [5.41, 5.74) is 0. The molecule has 0 spiro atoms. The van der Waals surface area contributed by atoms with E-state index in [1.54, 1.807) is 0 Å². The average Bonchev–Trinajstić information content (AvgIpc) is 2.50. The molecule has 0 atom stereocenters. The van der Waals surface area contributed by atoms with Crippen molar-refractivity contribution >= 4 is 0 Å². The van der Waals surface area contributed by atoms with Gasteiger partial charge in [0.15, 0.2) is 0 Å². The summed E-state index contributed by atoms with van der Waals surface area (Å²) in [6.07, 6.45) is 28.9. The fourth-order valence-electron chi connectivity index (χ4n) is 2.85. The topological polar surface area (TPSA) is 0 Å². The van der Waals surface area contributed by atoms with Crippen molar-refractivity contribution in [3.63, 3.8) is 0 Å². The van der Waals surface area contributed by atoms with Gasteiger partial charge in [-0.2, -0.15) is 0 Å². The predicted molar refractivity (Wildman–Crippen MR) is 99.0 cm³/mol. The third kappa shape index (κ3) is 19.7. The molecular weight excluding hydrogens is 252 g/mol. The summed E-state index contributed by atoms with van der Waals surface area (Å²) >= 11 is 0. The molecule has 0 aliphatic heterocycles. The first kappa shape index (κ1) is 20.7. The fourth-order valence-corrected chi connectivity index (χ4v) is 2.85. The van der Waals surface area contributed by atoms with Gasteiger partial charge >= 0.3 is 0 Å². The summed E-state index contributed by atoms with van der Waals surface area (Å²) in [5.74, 6) is 0. The van der Waals surface area contributed by atoms with Gasteiger partial charge in [0.05, 0.1) is 0 Å². The smallest absolute Gasteiger partial charge is 0.0351 e. The zero-order chi connectivity index (χ0) is 15.4. The molecule has 0 rings (SSSR count). The molecule has 0 aromatic heterocycles. The first-order valence-corrected chi connectivity index (χ1v) is 10.1. The lowest BCUT2D eigenvalue weighted by Gasteiger charge is -2.01. The van der Waals surface area contributed by atoms with Gasteiger partial charge in [-0.05, 0) is 25.7 Å². The lowest BCUT2D eigenvalue weighted by molar-refractivity contribution is 0.557. The number of hydrogen-bond donors (Lipinski definition) is 0. The minimum atomic E-state index is 1.31. The summed E-state index contributed by atoms with van der Waals surface area (Å²) in [6, 6.07) is 0.